The van der Waals surface area contributed by atoms with Crippen LogP contribution in [0.2, 0.25) is 0 Å². The molecule has 1 aliphatic carbocycles. The number of amides is 7. The van der Waals surface area contributed by atoms with E-state index in [4.69, 9.17) is 28.4 Å². The molecule has 0 spiro atoms. The van der Waals surface area contributed by atoms with Gasteiger partial charge in [0.25, 0.3) is 5.91 Å². The molecular weight excluding hydrogens is 1200 g/mol. The first kappa shape index (κ1) is 67.3. The molecule has 0 aromatic heterocycles. The van der Waals surface area contributed by atoms with Crippen molar-refractivity contribution in [2.24, 2.45) is 17.8 Å². The zero-order chi connectivity index (χ0) is 62.2. The number of methoxy groups -OCH3 is 1. The van der Waals surface area contributed by atoms with Crippen molar-refractivity contribution in [3.05, 3.63) is 88.4 Å². The number of carbonyl (C=O) groups is 9. The van der Waals surface area contributed by atoms with Crippen molar-refractivity contribution in [1.29, 1.82) is 0 Å². The number of alkyl carbamates (subject to hydrolysis) is 1. The van der Waals surface area contributed by atoms with Crippen LogP contribution >= 0.6 is 27.7 Å². The molecule has 6 N–H and O–H groups in total. The molecule has 7 rings (SSSR count). The Morgan fingerprint density at radius 1 is 0.802 bits per heavy atom. The first-order chi connectivity index (χ1) is 41.2. The second-order valence-electron chi connectivity index (χ2n) is 22.2. The van der Waals surface area contributed by atoms with Gasteiger partial charge >= 0.3 is 6.09 Å². The number of Topliss-reactive ketones (excluding diaryl/α,β-unsaturated/α-hetero) is 2. The van der Waals surface area contributed by atoms with Crippen LogP contribution in [0.5, 0.6) is 0 Å². The van der Waals surface area contributed by atoms with Gasteiger partial charge in [0.05, 0.1) is 61.7 Å². The number of nitrogens with zero attached hydrogens (tertiary/aromatic N) is 2. The lowest BCUT2D eigenvalue weighted by atomic mass is 9.91. The topological polar surface area (TPSA) is 304 Å². The number of imide groups is 1. The Kier molecular flexibility index (Phi) is 25.2. The molecule has 3 fully saturated rings. The van der Waals surface area contributed by atoms with Crippen LogP contribution in [0, 0.1) is 17.8 Å². The monoisotopic (exact) mass is 1280 g/mol. The number of halogens is 1. The highest BCUT2D eigenvalue weighted by molar-refractivity contribution is 9.10. The molecule has 7 amide bonds. The molecule has 0 bridgehead atoms. The summed E-state index contributed by atoms with van der Waals surface area (Å²) in [5.74, 6) is -6.09. The summed E-state index contributed by atoms with van der Waals surface area (Å²) in [6.07, 6.45) is -4.01. The Morgan fingerprint density at radius 3 is 2.13 bits per heavy atom. The first-order valence-electron chi connectivity index (χ1n) is 29.1. The molecule has 468 valence electrons. The largest absolute Gasteiger partial charge is 0.449 e. The van der Waals surface area contributed by atoms with Gasteiger partial charge in [-0.3, -0.25) is 38.4 Å². The zero-order valence-corrected chi connectivity index (χ0v) is 51.6. The number of fused-ring (bicyclic) bond motifs is 3. The second kappa shape index (κ2) is 32.2. The lowest BCUT2D eigenvalue weighted by Crippen LogP contribution is -2.57. The summed E-state index contributed by atoms with van der Waals surface area (Å²) in [4.78, 5) is 125. The average molecular weight is 1280 g/mol. The Hall–Kier alpha value is -6.16. The van der Waals surface area contributed by atoms with Crippen molar-refractivity contribution < 1.29 is 81.8 Å². The third-order valence-corrected chi connectivity index (χ3v) is 17.5. The van der Waals surface area contributed by atoms with E-state index in [9.17, 15) is 53.4 Å². The molecule has 3 aliphatic heterocycles. The summed E-state index contributed by atoms with van der Waals surface area (Å²) in [5, 5.41) is 28.4. The van der Waals surface area contributed by atoms with Crippen LogP contribution in [0.25, 0.3) is 11.1 Å². The minimum atomic E-state index is -1.52. The van der Waals surface area contributed by atoms with Crippen LogP contribution in [0.3, 0.4) is 0 Å². The fourth-order valence-corrected chi connectivity index (χ4v) is 12.2. The van der Waals surface area contributed by atoms with E-state index < -0.39 is 107 Å². The number of hydrogen-bond donors (Lipinski definition) is 6. The number of rotatable bonds is 31. The van der Waals surface area contributed by atoms with Gasteiger partial charge in [-0.25, -0.2) is 9.69 Å². The smallest absolute Gasteiger partial charge is 0.408 e. The predicted octanol–water partition coefficient (Wildman–Crippen LogP) is 4.16. The minimum absolute atomic E-state index is 0.0160. The van der Waals surface area contributed by atoms with Crippen LogP contribution in [-0.2, 0) is 66.8 Å². The first-order valence-corrected chi connectivity index (χ1v) is 30.8. The van der Waals surface area contributed by atoms with E-state index in [0.29, 0.717) is 24.9 Å². The second-order valence-corrected chi connectivity index (χ2v) is 24.5. The standard InChI is InChI=1S/C61H79BrN6O17S/c1-34(2)52(65-56(76)57(86-49-30-51(72)68(58(49)77)39-21-19-38(62)20-22-39)66-61(79)84-31-44-42-15-9-7-13-40(42)41-14-8-10-16-43(41)44)59(78)67-24-11-17-45(67)47(70)29-35(3)55(75)64-37(5)46(69)18-12-25-81-27-28-82-26-23-63-50(71)33-83-32-48-36(4)53(73)54(74)60(80-6)85-48/h7-10,13-16,19-22,34-37,44-45,48-49,52-54,57,60,73-74H,11-12,17-18,23-33H2,1-6H3,(H,63,71)(H,64,75)(H,65,76)(H,66,79)/t35?,36-,37?,45+,48?,49?,52-,53+,54?,57?,60-/m1/s1. The number of anilines is 1. The Labute approximate surface area is 513 Å². The number of aliphatic hydroxyl groups is 2. The molecule has 4 aliphatic rings. The van der Waals surface area contributed by atoms with Crippen molar-refractivity contribution in [3.8, 4) is 11.1 Å². The normalized spacial score (nSPS) is 22.4. The van der Waals surface area contributed by atoms with Crippen molar-refractivity contribution in [3.63, 3.8) is 0 Å². The number of carbonyl (C=O) groups excluding carboxylic acids is 9. The van der Waals surface area contributed by atoms with Crippen molar-refractivity contribution in [2.75, 3.05) is 71.3 Å². The average Bonchev–Trinajstić information content (AvgIpc) is 2.17. The van der Waals surface area contributed by atoms with E-state index in [2.05, 4.69) is 37.2 Å². The molecule has 3 heterocycles. The quantitative estimate of drug-likeness (QED) is 0.0299. The number of ether oxygens (including phenoxy) is 6. The molecule has 0 radical (unpaired) electrons. The third-order valence-electron chi connectivity index (χ3n) is 15.7. The number of thioether (sulfide) groups is 1. The summed E-state index contributed by atoms with van der Waals surface area (Å²) in [5.41, 5.74) is 4.30. The van der Waals surface area contributed by atoms with Gasteiger partial charge in [0.15, 0.2) is 23.2 Å². The molecule has 3 aromatic carbocycles. The van der Waals surface area contributed by atoms with Gasteiger partial charge in [0.2, 0.25) is 29.5 Å². The number of hydrogen-bond acceptors (Lipinski definition) is 18. The summed E-state index contributed by atoms with van der Waals surface area (Å²) in [6.45, 7) is 9.34. The molecule has 0 saturated carbocycles. The minimum Gasteiger partial charge on any atom is -0.449 e. The van der Waals surface area contributed by atoms with Crippen molar-refractivity contribution in [1.82, 2.24) is 26.2 Å². The maximum Gasteiger partial charge on any atom is 0.408 e. The summed E-state index contributed by atoms with van der Waals surface area (Å²) in [7, 11) is 1.35. The highest BCUT2D eigenvalue weighted by Crippen LogP contribution is 2.44. The van der Waals surface area contributed by atoms with Gasteiger partial charge < -0.3 is 64.8 Å². The maximum atomic E-state index is 14.5. The van der Waals surface area contributed by atoms with Gasteiger partial charge in [-0.1, -0.05) is 92.2 Å². The number of nitrogens with one attached hydrogen (secondary N) is 4. The Bertz CT molecular complexity index is 2840. The van der Waals surface area contributed by atoms with Gasteiger partial charge in [-0.15, -0.1) is 11.8 Å². The van der Waals surface area contributed by atoms with Crippen molar-refractivity contribution >= 4 is 86.5 Å². The fraction of sp³-hybridized carbons (Fsp3) is 0.557. The van der Waals surface area contributed by atoms with E-state index in [1.54, 1.807) is 58.9 Å². The number of benzene rings is 3. The van der Waals surface area contributed by atoms with Crippen LogP contribution in [0.15, 0.2) is 77.3 Å². The maximum absolute atomic E-state index is 14.5. The number of ketones is 2. The molecule has 23 nitrogen and oxygen atoms in total. The van der Waals surface area contributed by atoms with E-state index in [1.807, 2.05) is 48.5 Å². The predicted molar refractivity (Wildman–Crippen MR) is 319 cm³/mol. The van der Waals surface area contributed by atoms with Gasteiger partial charge in [0, 0.05) is 68.3 Å². The van der Waals surface area contributed by atoms with E-state index >= 15 is 0 Å². The lowest BCUT2D eigenvalue weighted by Gasteiger charge is -2.40. The van der Waals surface area contributed by atoms with Crippen LogP contribution in [0.1, 0.15) is 90.2 Å². The third kappa shape index (κ3) is 17.5. The van der Waals surface area contributed by atoms with Crippen LogP contribution in [-0.4, -0.2) is 188 Å². The van der Waals surface area contributed by atoms with Gasteiger partial charge in [-0.2, -0.15) is 0 Å². The van der Waals surface area contributed by atoms with Crippen LogP contribution < -0.4 is 26.2 Å². The molecule has 3 aromatic rings. The molecule has 25 heteroatoms. The van der Waals surface area contributed by atoms with Gasteiger partial charge in [-0.05, 0) is 78.6 Å². The zero-order valence-electron chi connectivity index (χ0n) is 49.2. The van der Waals surface area contributed by atoms with E-state index in [0.717, 1.165) is 43.4 Å². The number of likely N-dealkylation sites (tertiary alicyclic amines) is 1. The van der Waals surface area contributed by atoms with E-state index in [-0.39, 0.29) is 102 Å². The Morgan fingerprint density at radius 2 is 1.47 bits per heavy atom. The fourth-order valence-electron chi connectivity index (χ4n) is 10.8. The summed E-state index contributed by atoms with van der Waals surface area (Å²) >= 11 is 4.12. The highest BCUT2D eigenvalue weighted by atomic mass is 79.9. The summed E-state index contributed by atoms with van der Waals surface area (Å²) in [6, 6.07) is 19.2. The lowest BCUT2D eigenvalue weighted by molar-refractivity contribution is -0.282. The Balaban J connectivity index is 0.841. The molecular formula is C61H79BrN6O17S. The SMILES string of the molecule is CO[C@@H]1OC(COCC(=O)NCCOCCOCCCC(=O)C(C)NC(=O)C(C)CC(=O)[C@@H]2CCCN2C(=O)[C@H](NC(=O)C(NC(=O)OCC2c3ccccc3-c3ccccc32)SC2CC(=O)N(c3ccc(Br)cc3)C2=O)C(C)C)[C@@H](C)[C@H](O)C1O. The van der Waals surface area contributed by atoms with Crippen LogP contribution in [0.4, 0.5) is 10.5 Å². The number of aliphatic hydroxyl groups excluding tert-OH is 2. The van der Waals surface area contributed by atoms with E-state index in [1.165, 1.54) is 12.0 Å². The molecule has 3 saturated heterocycles. The summed E-state index contributed by atoms with van der Waals surface area (Å²) < 4.78 is 33.7. The van der Waals surface area contributed by atoms with Crippen molar-refractivity contribution in [2.45, 2.75) is 132 Å². The highest BCUT2D eigenvalue weighted by Gasteiger charge is 2.46. The van der Waals surface area contributed by atoms with Gasteiger partial charge in [0.1, 0.15) is 25.4 Å². The molecule has 6 unspecified atom stereocenters. The molecule has 11 atom stereocenters. The molecule has 86 heavy (non-hydrogen) atoms.